The van der Waals surface area contributed by atoms with Crippen LogP contribution < -0.4 is 4.90 Å². The Hall–Kier alpha value is -1.58. The Bertz CT molecular complexity index is 389. The standard InChI is InChI=1S/C9H8FNO2/c1-11-7-4-6(10)8(12)2-5(7)3-9(11)13/h2,4,12H,3H2,1H3. The molecule has 0 bridgehead atoms. The Morgan fingerprint density at radius 1 is 1.54 bits per heavy atom. The molecule has 68 valence electrons. The molecule has 0 fully saturated rings. The fraction of sp³-hybridized carbons (Fsp3) is 0.222. The van der Waals surface area contributed by atoms with Gasteiger partial charge >= 0.3 is 0 Å². The van der Waals surface area contributed by atoms with Crippen molar-refractivity contribution in [1.29, 1.82) is 0 Å². The van der Waals surface area contributed by atoms with E-state index < -0.39 is 11.6 Å². The van der Waals surface area contributed by atoms with E-state index in [-0.39, 0.29) is 12.3 Å². The molecule has 0 unspecified atom stereocenters. The largest absolute Gasteiger partial charge is 0.505 e. The van der Waals surface area contributed by atoms with Crippen molar-refractivity contribution in [2.45, 2.75) is 6.42 Å². The first-order valence-electron chi connectivity index (χ1n) is 3.87. The lowest BCUT2D eigenvalue weighted by molar-refractivity contribution is -0.117. The fourth-order valence-electron chi connectivity index (χ4n) is 1.46. The molecule has 1 aliphatic rings. The number of aromatic hydroxyl groups is 1. The highest BCUT2D eigenvalue weighted by Crippen LogP contribution is 2.32. The molecule has 0 atom stereocenters. The highest BCUT2D eigenvalue weighted by molar-refractivity contribution is 6.01. The highest BCUT2D eigenvalue weighted by Gasteiger charge is 2.25. The molecule has 0 spiro atoms. The average Bonchev–Trinajstić information content (AvgIpc) is 2.32. The topological polar surface area (TPSA) is 40.5 Å². The van der Waals surface area contributed by atoms with Gasteiger partial charge in [0.2, 0.25) is 5.91 Å². The van der Waals surface area contributed by atoms with E-state index in [1.165, 1.54) is 17.0 Å². The van der Waals surface area contributed by atoms with Crippen molar-refractivity contribution >= 4 is 11.6 Å². The van der Waals surface area contributed by atoms with E-state index in [4.69, 9.17) is 5.11 Å². The van der Waals surface area contributed by atoms with Crippen LogP contribution in [0.2, 0.25) is 0 Å². The number of hydrogen-bond donors (Lipinski definition) is 1. The van der Waals surface area contributed by atoms with Crippen LogP contribution >= 0.6 is 0 Å². The van der Waals surface area contributed by atoms with E-state index in [2.05, 4.69) is 0 Å². The zero-order chi connectivity index (χ0) is 9.59. The number of fused-ring (bicyclic) bond motifs is 1. The Morgan fingerprint density at radius 2 is 2.23 bits per heavy atom. The van der Waals surface area contributed by atoms with Crippen LogP contribution in [-0.2, 0) is 11.2 Å². The molecule has 3 nitrogen and oxygen atoms in total. The van der Waals surface area contributed by atoms with Gasteiger partial charge in [-0.05, 0) is 11.6 Å². The minimum Gasteiger partial charge on any atom is -0.505 e. The lowest BCUT2D eigenvalue weighted by Gasteiger charge is -2.09. The lowest BCUT2D eigenvalue weighted by Crippen LogP contribution is -2.20. The number of carbonyl (C=O) groups is 1. The summed E-state index contributed by atoms with van der Waals surface area (Å²) in [6.45, 7) is 0. The number of amides is 1. The van der Waals surface area contributed by atoms with Gasteiger partial charge in [0.25, 0.3) is 0 Å². The number of anilines is 1. The normalized spacial score (nSPS) is 14.9. The second kappa shape index (κ2) is 2.45. The number of halogens is 1. The quantitative estimate of drug-likeness (QED) is 0.649. The van der Waals surface area contributed by atoms with Gasteiger partial charge in [0.15, 0.2) is 11.6 Å². The minimum atomic E-state index is -0.694. The van der Waals surface area contributed by atoms with Gasteiger partial charge in [-0.25, -0.2) is 4.39 Å². The van der Waals surface area contributed by atoms with Crippen molar-refractivity contribution in [2.24, 2.45) is 0 Å². The third-order valence-corrected chi connectivity index (χ3v) is 2.23. The van der Waals surface area contributed by atoms with E-state index in [1.54, 1.807) is 7.05 Å². The molecule has 0 aliphatic carbocycles. The molecule has 2 rings (SSSR count). The molecular formula is C9H8FNO2. The van der Waals surface area contributed by atoms with Crippen molar-refractivity contribution in [1.82, 2.24) is 0 Å². The maximum atomic E-state index is 12.9. The minimum absolute atomic E-state index is 0.0833. The van der Waals surface area contributed by atoms with Crippen LogP contribution in [0.1, 0.15) is 5.56 Å². The highest BCUT2D eigenvalue weighted by atomic mass is 19.1. The molecule has 0 saturated carbocycles. The summed E-state index contributed by atoms with van der Waals surface area (Å²) in [7, 11) is 1.59. The zero-order valence-corrected chi connectivity index (χ0v) is 7.04. The van der Waals surface area contributed by atoms with Gasteiger partial charge in [0.1, 0.15) is 0 Å². The number of nitrogens with zero attached hydrogens (tertiary/aromatic N) is 1. The number of rotatable bonds is 0. The van der Waals surface area contributed by atoms with Crippen molar-refractivity contribution in [2.75, 3.05) is 11.9 Å². The van der Waals surface area contributed by atoms with Crippen molar-refractivity contribution in [3.05, 3.63) is 23.5 Å². The number of carbonyl (C=O) groups excluding carboxylic acids is 1. The van der Waals surface area contributed by atoms with Crippen molar-refractivity contribution in [3.63, 3.8) is 0 Å². The van der Waals surface area contributed by atoms with Gasteiger partial charge in [-0.15, -0.1) is 0 Å². The van der Waals surface area contributed by atoms with E-state index in [0.717, 1.165) is 0 Å². The molecule has 1 amide bonds. The number of phenols is 1. The number of hydrogen-bond acceptors (Lipinski definition) is 2. The third-order valence-electron chi connectivity index (χ3n) is 2.23. The van der Waals surface area contributed by atoms with Crippen LogP contribution in [0.5, 0.6) is 5.75 Å². The van der Waals surface area contributed by atoms with E-state index in [9.17, 15) is 9.18 Å². The van der Waals surface area contributed by atoms with E-state index >= 15 is 0 Å². The van der Waals surface area contributed by atoms with Crippen molar-refractivity contribution in [3.8, 4) is 5.75 Å². The summed E-state index contributed by atoms with van der Waals surface area (Å²) < 4.78 is 12.9. The van der Waals surface area contributed by atoms with Crippen LogP contribution in [0.25, 0.3) is 0 Å². The predicted molar refractivity (Wildman–Crippen MR) is 45.2 cm³/mol. The number of benzene rings is 1. The van der Waals surface area contributed by atoms with E-state index in [1.807, 2.05) is 0 Å². The third kappa shape index (κ3) is 1.06. The van der Waals surface area contributed by atoms with Gasteiger partial charge in [0.05, 0.1) is 12.1 Å². The van der Waals surface area contributed by atoms with Crippen molar-refractivity contribution < 1.29 is 14.3 Å². The van der Waals surface area contributed by atoms with Gasteiger partial charge in [-0.2, -0.15) is 0 Å². The fourth-order valence-corrected chi connectivity index (χ4v) is 1.46. The molecule has 0 aromatic heterocycles. The summed E-state index contributed by atoms with van der Waals surface area (Å²) in [5, 5.41) is 9.05. The Morgan fingerprint density at radius 3 is 2.92 bits per heavy atom. The molecule has 1 aliphatic heterocycles. The lowest BCUT2D eigenvalue weighted by atomic mass is 10.1. The SMILES string of the molecule is CN1C(=O)Cc2cc(O)c(F)cc21. The molecule has 1 heterocycles. The summed E-state index contributed by atoms with van der Waals surface area (Å²) >= 11 is 0. The second-order valence-corrected chi connectivity index (χ2v) is 3.06. The summed E-state index contributed by atoms with van der Waals surface area (Å²) in [5.41, 5.74) is 1.21. The first kappa shape index (κ1) is 8.04. The number of likely N-dealkylation sites (N-methyl/N-ethyl adjacent to an activating group) is 1. The summed E-state index contributed by atoms with van der Waals surface area (Å²) in [6.07, 6.45) is 0.236. The maximum absolute atomic E-state index is 12.9. The Balaban J connectivity index is 2.59. The van der Waals surface area contributed by atoms with Crippen LogP contribution in [0.3, 0.4) is 0 Å². The molecule has 1 aromatic rings. The second-order valence-electron chi connectivity index (χ2n) is 3.06. The molecule has 1 aromatic carbocycles. The monoisotopic (exact) mass is 181 g/mol. The summed E-state index contributed by atoms with van der Waals surface area (Å²) in [4.78, 5) is 12.6. The molecule has 1 N–H and O–H groups in total. The predicted octanol–water partition coefficient (Wildman–Crippen LogP) is 1.05. The smallest absolute Gasteiger partial charge is 0.231 e. The molecule has 4 heteroatoms. The van der Waals surface area contributed by atoms with Crippen LogP contribution in [0, 0.1) is 5.82 Å². The Kier molecular flexibility index (Phi) is 1.52. The van der Waals surface area contributed by atoms with Gasteiger partial charge in [0, 0.05) is 13.1 Å². The first-order chi connectivity index (χ1) is 6.09. The molecule has 0 radical (unpaired) electrons. The first-order valence-corrected chi connectivity index (χ1v) is 3.87. The van der Waals surface area contributed by atoms with Crippen LogP contribution in [-0.4, -0.2) is 18.1 Å². The molecule has 0 saturated heterocycles. The molecular weight excluding hydrogens is 173 g/mol. The molecule has 13 heavy (non-hydrogen) atoms. The van der Waals surface area contributed by atoms with Gasteiger partial charge in [-0.1, -0.05) is 0 Å². The van der Waals surface area contributed by atoms with Gasteiger partial charge < -0.3 is 10.0 Å². The average molecular weight is 181 g/mol. The van der Waals surface area contributed by atoms with Gasteiger partial charge in [-0.3, -0.25) is 4.79 Å². The zero-order valence-electron chi connectivity index (χ0n) is 7.04. The Labute approximate surface area is 74.4 Å². The summed E-state index contributed by atoms with van der Waals surface area (Å²) in [5.74, 6) is -1.18. The number of phenolic OH excluding ortho intramolecular Hbond substituents is 1. The maximum Gasteiger partial charge on any atom is 0.231 e. The van der Waals surface area contributed by atoms with Crippen LogP contribution in [0.15, 0.2) is 12.1 Å². The van der Waals surface area contributed by atoms with E-state index in [0.29, 0.717) is 11.3 Å². The van der Waals surface area contributed by atoms with Crippen LogP contribution in [0.4, 0.5) is 10.1 Å². The summed E-state index contributed by atoms with van der Waals surface area (Å²) in [6, 6.07) is 2.47.